The number of H-pyrrole nitrogens is 1. The molecule has 11 heteroatoms. The fraction of sp³-hybridized carbons (Fsp3) is 0. The van der Waals surface area contributed by atoms with Crippen LogP contribution in [0.5, 0.6) is 0 Å². The molecule has 0 saturated heterocycles. The van der Waals surface area contributed by atoms with Crippen molar-refractivity contribution >= 4 is 22.4 Å². The Bertz CT molecular complexity index is 1070. The number of benzene rings is 2. The van der Waals surface area contributed by atoms with E-state index in [0.717, 1.165) is 0 Å². The number of hydrogen-bond acceptors (Lipinski definition) is 4. The normalized spacial score (nSPS) is 10.8. The highest BCUT2D eigenvalue weighted by Crippen LogP contribution is 2.26. The molecule has 26 heavy (non-hydrogen) atoms. The molecular formula is C15H7F5N4O2. The summed E-state index contributed by atoms with van der Waals surface area (Å²) in [4.78, 5) is 23.8. The second kappa shape index (κ2) is 6.43. The first-order chi connectivity index (χ1) is 12.3. The first kappa shape index (κ1) is 17.3. The average molecular weight is 370 g/mol. The summed E-state index contributed by atoms with van der Waals surface area (Å²) in [6.45, 7) is 0. The number of amides is 1. The van der Waals surface area contributed by atoms with E-state index in [0.29, 0.717) is 0 Å². The number of hydrogen-bond donors (Lipinski definition) is 3. The number of halogens is 5. The number of fused-ring (bicyclic) bond motifs is 1. The lowest BCUT2D eigenvalue weighted by Crippen LogP contribution is -2.32. The molecule has 3 aromatic rings. The third-order valence-electron chi connectivity index (χ3n) is 3.42. The third-order valence-corrected chi connectivity index (χ3v) is 3.42. The molecule has 3 N–H and O–H groups in total. The fourth-order valence-corrected chi connectivity index (χ4v) is 2.18. The van der Waals surface area contributed by atoms with Crippen LogP contribution in [0.15, 0.2) is 29.1 Å². The van der Waals surface area contributed by atoms with E-state index in [1.54, 1.807) is 10.9 Å². The van der Waals surface area contributed by atoms with Gasteiger partial charge in [-0.05, 0) is 6.07 Å². The molecule has 0 aliphatic rings. The first-order valence-corrected chi connectivity index (χ1v) is 6.88. The molecule has 0 atom stereocenters. The molecule has 6 nitrogen and oxygen atoms in total. The Balaban J connectivity index is 1.94. The summed E-state index contributed by atoms with van der Waals surface area (Å²) in [5.41, 5.74) is 1.06. The SMILES string of the molecule is O=C(NNc1c(F)c(F)c(F)c(F)c1F)c1n[nH]c(=O)c2ccccc12. The summed E-state index contributed by atoms with van der Waals surface area (Å²) in [5, 5.41) is 5.82. The molecule has 1 aromatic heterocycles. The van der Waals surface area contributed by atoms with Crippen LogP contribution in [0, 0.1) is 29.1 Å². The zero-order valence-corrected chi connectivity index (χ0v) is 12.5. The Hall–Kier alpha value is -3.50. The number of carbonyl (C=O) groups excluding carboxylic acids is 1. The third kappa shape index (κ3) is 2.72. The summed E-state index contributed by atoms with van der Waals surface area (Å²) < 4.78 is 66.4. The van der Waals surface area contributed by atoms with Gasteiger partial charge in [0.25, 0.3) is 11.5 Å². The van der Waals surface area contributed by atoms with Gasteiger partial charge in [0.2, 0.25) is 5.82 Å². The molecule has 0 aliphatic heterocycles. The van der Waals surface area contributed by atoms with Gasteiger partial charge in [-0.15, -0.1) is 0 Å². The first-order valence-electron chi connectivity index (χ1n) is 6.88. The van der Waals surface area contributed by atoms with Gasteiger partial charge in [-0.2, -0.15) is 5.10 Å². The van der Waals surface area contributed by atoms with Crippen molar-refractivity contribution < 1.29 is 26.7 Å². The van der Waals surface area contributed by atoms with Crippen molar-refractivity contribution in [3.05, 3.63) is 69.4 Å². The lowest BCUT2D eigenvalue weighted by atomic mass is 10.1. The molecule has 0 saturated carbocycles. The van der Waals surface area contributed by atoms with Crippen LogP contribution in [-0.4, -0.2) is 16.1 Å². The number of aromatic amines is 1. The second-order valence-corrected chi connectivity index (χ2v) is 4.97. The van der Waals surface area contributed by atoms with Gasteiger partial charge < -0.3 is 0 Å². The number of carbonyl (C=O) groups is 1. The maximum Gasteiger partial charge on any atom is 0.290 e. The van der Waals surface area contributed by atoms with Gasteiger partial charge in [0.1, 0.15) is 5.69 Å². The predicted octanol–water partition coefficient (Wildman–Crippen LogP) is 2.38. The quantitative estimate of drug-likeness (QED) is 0.286. The number of hydrazine groups is 1. The van der Waals surface area contributed by atoms with Crippen molar-refractivity contribution in [2.75, 3.05) is 5.43 Å². The Kier molecular flexibility index (Phi) is 4.28. The Morgan fingerprint density at radius 1 is 0.885 bits per heavy atom. The largest absolute Gasteiger partial charge is 0.293 e. The standard InChI is InChI=1S/C15H7F5N4O2/c16-7-8(17)10(19)13(11(20)9(7)18)22-24-15(26)12-5-3-1-2-4-6(5)14(25)23-21-12/h1-4,22H,(H,23,25)(H,24,26). The lowest BCUT2D eigenvalue weighted by Gasteiger charge is -2.12. The van der Waals surface area contributed by atoms with Gasteiger partial charge in [0.15, 0.2) is 29.0 Å². The van der Waals surface area contributed by atoms with Crippen LogP contribution >= 0.6 is 0 Å². The van der Waals surface area contributed by atoms with Gasteiger partial charge in [-0.1, -0.05) is 18.2 Å². The number of rotatable bonds is 3. The van der Waals surface area contributed by atoms with E-state index in [9.17, 15) is 31.5 Å². The van der Waals surface area contributed by atoms with Crippen molar-refractivity contribution in [2.45, 2.75) is 0 Å². The van der Waals surface area contributed by atoms with Crippen molar-refractivity contribution in [3.8, 4) is 0 Å². The zero-order valence-electron chi connectivity index (χ0n) is 12.5. The topological polar surface area (TPSA) is 86.9 Å². The van der Waals surface area contributed by atoms with E-state index >= 15 is 0 Å². The van der Waals surface area contributed by atoms with Crippen molar-refractivity contribution in [1.82, 2.24) is 15.6 Å². The maximum atomic E-state index is 13.6. The van der Waals surface area contributed by atoms with Crippen LogP contribution in [0.1, 0.15) is 10.5 Å². The van der Waals surface area contributed by atoms with Crippen molar-refractivity contribution in [1.29, 1.82) is 0 Å². The van der Waals surface area contributed by atoms with E-state index in [1.807, 2.05) is 0 Å². The van der Waals surface area contributed by atoms with Crippen molar-refractivity contribution in [3.63, 3.8) is 0 Å². The average Bonchev–Trinajstić information content (AvgIpc) is 2.65. The minimum Gasteiger partial charge on any atom is -0.293 e. The molecule has 0 spiro atoms. The summed E-state index contributed by atoms with van der Waals surface area (Å²) in [5.74, 6) is -12.1. The van der Waals surface area contributed by atoms with E-state index in [2.05, 4.69) is 10.2 Å². The smallest absolute Gasteiger partial charge is 0.290 e. The summed E-state index contributed by atoms with van der Waals surface area (Å²) in [7, 11) is 0. The van der Waals surface area contributed by atoms with E-state index in [4.69, 9.17) is 0 Å². The molecule has 1 heterocycles. The molecule has 2 aromatic carbocycles. The Labute approximate surface area is 140 Å². The van der Waals surface area contributed by atoms with Crippen LogP contribution in [0.4, 0.5) is 27.6 Å². The van der Waals surface area contributed by atoms with Crippen LogP contribution in [0.3, 0.4) is 0 Å². The van der Waals surface area contributed by atoms with Gasteiger partial charge in [0.05, 0.1) is 5.39 Å². The molecule has 3 rings (SSSR count). The number of nitrogens with one attached hydrogen (secondary N) is 3. The van der Waals surface area contributed by atoms with Crippen LogP contribution in [0.2, 0.25) is 0 Å². The summed E-state index contributed by atoms with van der Waals surface area (Å²) in [6, 6.07) is 5.85. The van der Waals surface area contributed by atoms with Crippen molar-refractivity contribution in [2.24, 2.45) is 0 Å². The number of aromatic nitrogens is 2. The minimum atomic E-state index is -2.33. The monoisotopic (exact) mass is 370 g/mol. The highest BCUT2D eigenvalue weighted by Gasteiger charge is 2.26. The molecule has 134 valence electrons. The Morgan fingerprint density at radius 3 is 2.04 bits per heavy atom. The van der Waals surface area contributed by atoms with E-state index in [1.165, 1.54) is 24.3 Å². The number of nitrogens with zero attached hydrogens (tertiary/aromatic N) is 1. The van der Waals surface area contributed by atoms with Gasteiger partial charge in [-0.3, -0.25) is 20.4 Å². The molecular weight excluding hydrogens is 363 g/mol. The molecule has 1 amide bonds. The molecule has 0 radical (unpaired) electrons. The van der Waals surface area contributed by atoms with Crippen LogP contribution in [-0.2, 0) is 0 Å². The van der Waals surface area contributed by atoms with E-state index < -0.39 is 46.2 Å². The molecule has 0 unspecified atom stereocenters. The highest BCUT2D eigenvalue weighted by atomic mass is 19.2. The molecule has 0 aliphatic carbocycles. The summed E-state index contributed by atoms with van der Waals surface area (Å²) >= 11 is 0. The van der Waals surface area contributed by atoms with Gasteiger partial charge in [0, 0.05) is 5.39 Å². The van der Waals surface area contributed by atoms with E-state index in [-0.39, 0.29) is 16.5 Å². The van der Waals surface area contributed by atoms with Gasteiger partial charge >= 0.3 is 0 Å². The Morgan fingerprint density at radius 2 is 1.42 bits per heavy atom. The zero-order chi connectivity index (χ0) is 19.0. The minimum absolute atomic E-state index is 0.115. The predicted molar refractivity (Wildman–Crippen MR) is 79.7 cm³/mol. The van der Waals surface area contributed by atoms with Crippen LogP contribution in [0.25, 0.3) is 10.8 Å². The second-order valence-electron chi connectivity index (χ2n) is 4.97. The molecule has 0 bridgehead atoms. The lowest BCUT2D eigenvalue weighted by molar-refractivity contribution is 0.0958. The molecule has 0 fully saturated rings. The fourth-order valence-electron chi connectivity index (χ4n) is 2.18. The van der Waals surface area contributed by atoms with Crippen LogP contribution < -0.4 is 16.4 Å². The maximum absolute atomic E-state index is 13.6. The highest BCUT2D eigenvalue weighted by molar-refractivity contribution is 6.05. The van der Waals surface area contributed by atoms with Gasteiger partial charge in [-0.25, -0.2) is 27.1 Å². The summed E-state index contributed by atoms with van der Waals surface area (Å²) in [6.07, 6.45) is 0. The number of anilines is 1.